The maximum atomic E-state index is 11.5. The molecule has 0 saturated heterocycles. The molecule has 3 rings (SSSR count). The zero-order valence-corrected chi connectivity index (χ0v) is 11.7. The van der Waals surface area contributed by atoms with Gasteiger partial charge in [-0.05, 0) is 32.0 Å². The van der Waals surface area contributed by atoms with Gasteiger partial charge in [0.1, 0.15) is 11.3 Å². The van der Waals surface area contributed by atoms with Gasteiger partial charge in [0, 0.05) is 24.0 Å². The minimum absolute atomic E-state index is 0.440. The molecule has 1 amide bonds. The van der Waals surface area contributed by atoms with Gasteiger partial charge in [-0.2, -0.15) is 0 Å². The van der Waals surface area contributed by atoms with Crippen molar-refractivity contribution in [3.63, 3.8) is 0 Å². The predicted molar refractivity (Wildman–Crippen MR) is 78.5 cm³/mol. The van der Waals surface area contributed by atoms with Gasteiger partial charge in [0.15, 0.2) is 0 Å². The number of nitrogens with two attached hydrogens (primary N) is 1. The summed E-state index contributed by atoms with van der Waals surface area (Å²) in [6, 6.07) is 7.46. The number of aromatic nitrogens is 3. The zero-order chi connectivity index (χ0) is 14.4. The Balaban J connectivity index is 2.26. The van der Waals surface area contributed by atoms with Crippen molar-refractivity contribution in [2.24, 2.45) is 12.8 Å². The van der Waals surface area contributed by atoms with Gasteiger partial charge in [0.25, 0.3) is 5.91 Å². The number of benzene rings is 1. The third-order valence-corrected chi connectivity index (χ3v) is 3.81. The Bertz CT molecular complexity index is 826. The van der Waals surface area contributed by atoms with Crippen LogP contribution in [0.15, 0.2) is 24.3 Å². The number of carbonyl (C=O) groups excluding carboxylic acids is 1. The summed E-state index contributed by atoms with van der Waals surface area (Å²) in [5.74, 6) is 0.296. The highest BCUT2D eigenvalue weighted by Crippen LogP contribution is 2.27. The second-order valence-electron chi connectivity index (χ2n) is 5.00. The SMILES string of the molecule is Cc1cc(-c2nc3c(C(N)=O)cccc3[nH]2)c(C)n1C. The van der Waals surface area contributed by atoms with Crippen LogP contribution in [-0.2, 0) is 7.05 Å². The van der Waals surface area contributed by atoms with Crippen molar-refractivity contribution >= 4 is 16.9 Å². The number of primary amides is 1. The van der Waals surface area contributed by atoms with Gasteiger partial charge in [-0.1, -0.05) is 6.07 Å². The summed E-state index contributed by atoms with van der Waals surface area (Å²) < 4.78 is 2.11. The topological polar surface area (TPSA) is 76.7 Å². The van der Waals surface area contributed by atoms with E-state index in [9.17, 15) is 4.79 Å². The Morgan fingerprint density at radius 2 is 2.10 bits per heavy atom. The van der Waals surface area contributed by atoms with E-state index in [2.05, 4.69) is 20.6 Å². The van der Waals surface area contributed by atoms with E-state index in [1.54, 1.807) is 12.1 Å². The molecule has 5 nitrogen and oxygen atoms in total. The van der Waals surface area contributed by atoms with Crippen molar-refractivity contribution in [3.05, 3.63) is 41.2 Å². The smallest absolute Gasteiger partial charge is 0.250 e. The lowest BCUT2D eigenvalue weighted by Gasteiger charge is -1.99. The Kier molecular flexibility index (Phi) is 2.64. The van der Waals surface area contributed by atoms with Gasteiger partial charge in [0.2, 0.25) is 0 Å². The first-order valence-electron chi connectivity index (χ1n) is 6.41. The molecule has 0 aliphatic rings. The minimum Gasteiger partial charge on any atom is -0.366 e. The molecule has 2 heterocycles. The van der Waals surface area contributed by atoms with Gasteiger partial charge in [-0.3, -0.25) is 4.79 Å². The van der Waals surface area contributed by atoms with Crippen molar-refractivity contribution in [3.8, 4) is 11.4 Å². The summed E-state index contributed by atoms with van der Waals surface area (Å²) in [5, 5.41) is 0. The number of aryl methyl sites for hydroxylation is 1. The number of para-hydroxylation sites is 1. The highest BCUT2D eigenvalue weighted by atomic mass is 16.1. The fourth-order valence-electron chi connectivity index (χ4n) is 2.45. The first kappa shape index (κ1) is 12.5. The second kappa shape index (κ2) is 4.23. The highest BCUT2D eigenvalue weighted by molar-refractivity contribution is 6.04. The molecule has 0 radical (unpaired) electrons. The molecule has 2 aromatic heterocycles. The molecule has 0 saturated carbocycles. The highest BCUT2D eigenvalue weighted by Gasteiger charge is 2.15. The van der Waals surface area contributed by atoms with Crippen molar-refractivity contribution < 1.29 is 4.79 Å². The summed E-state index contributed by atoms with van der Waals surface area (Å²) in [6.45, 7) is 4.10. The number of fused-ring (bicyclic) bond motifs is 1. The van der Waals surface area contributed by atoms with Crippen LogP contribution in [0, 0.1) is 13.8 Å². The van der Waals surface area contributed by atoms with E-state index in [0.717, 1.165) is 28.3 Å². The quantitative estimate of drug-likeness (QED) is 0.748. The lowest BCUT2D eigenvalue weighted by Crippen LogP contribution is -2.11. The summed E-state index contributed by atoms with van der Waals surface area (Å²) in [6.07, 6.45) is 0. The van der Waals surface area contributed by atoms with Crippen molar-refractivity contribution in [1.29, 1.82) is 0 Å². The van der Waals surface area contributed by atoms with E-state index in [1.807, 2.05) is 27.0 Å². The number of nitrogens with zero attached hydrogens (tertiary/aromatic N) is 2. The third-order valence-electron chi connectivity index (χ3n) is 3.81. The summed E-state index contributed by atoms with van der Waals surface area (Å²) >= 11 is 0. The second-order valence-corrected chi connectivity index (χ2v) is 5.00. The molecule has 1 aromatic carbocycles. The number of hydrogen-bond acceptors (Lipinski definition) is 2. The summed E-state index contributed by atoms with van der Waals surface area (Å²) in [5.41, 5.74) is 10.6. The molecule has 3 aromatic rings. The Morgan fingerprint density at radius 3 is 2.70 bits per heavy atom. The number of imidazole rings is 1. The van der Waals surface area contributed by atoms with Crippen LogP contribution in [0.3, 0.4) is 0 Å². The maximum absolute atomic E-state index is 11.5. The number of H-pyrrole nitrogens is 1. The summed E-state index contributed by atoms with van der Waals surface area (Å²) in [4.78, 5) is 19.3. The zero-order valence-electron chi connectivity index (χ0n) is 11.7. The molecule has 3 N–H and O–H groups in total. The Hall–Kier alpha value is -2.56. The van der Waals surface area contributed by atoms with Crippen LogP contribution in [0.1, 0.15) is 21.7 Å². The van der Waals surface area contributed by atoms with Crippen LogP contribution in [0.2, 0.25) is 0 Å². The molecule has 0 spiro atoms. The fourth-order valence-corrected chi connectivity index (χ4v) is 2.45. The third kappa shape index (κ3) is 1.71. The van der Waals surface area contributed by atoms with E-state index in [0.29, 0.717) is 11.1 Å². The monoisotopic (exact) mass is 268 g/mol. The lowest BCUT2D eigenvalue weighted by molar-refractivity contribution is 0.100. The van der Waals surface area contributed by atoms with Gasteiger partial charge >= 0.3 is 0 Å². The molecule has 0 unspecified atom stereocenters. The van der Waals surface area contributed by atoms with Gasteiger partial charge in [-0.15, -0.1) is 0 Å². The molecule has 5 heteroatoms. The molecule has 0 aliphatic carbocycles. The first-order valence-corrected chi connectivity index (χ1v) is 6.41. The molecule has 0 fully saturated rings. The average Bonchev–Trinajstić information content (AvgIpc) is 2.94. The number of carbonyl (C=O) groups is 1. The van der Waals surface area contributed by atoms with Crippen LogP contribution in [0.4, 0.5) is 0 Å². The first-order chi connectivity index (χ1) is 9.49. The normalized spacial score (nSPS) is 11.2. The van der Waals surface area contributed by atoms with E-state index < -0.39 is 5.91 Å². The lowest BCUT2D eigenvalue weighted by atomic mass is 10.2. The van der Waals surface area contributed by atoms with E-state index in [-0.39, 0.29) is 0 Å². The predicted octanol–water partition coefficient (Wildman–Crippen LogP) is 2.28. The standard InChI is InChI=1S/C15H16N4O/c1-8-7-11(9(2)19(8)3)15-17-12-6-4-5-10(14(16)20)13(12)18-15/h4-7H,1-3H3,(H2,16,20)(H,17,18). The molecule has 0 aliphatic heterocycles. The largest absolute Gasteiger partial charge is 0.366 e. The number of amides is 1. The number of nitrogens with one attached hydrogen (secondary N) is 1. The number of hydrogen-bond donors (Lipinski definition) is 2. The van der Waals surface area contributed by atoms with Crippen LogP contribution in [0.5, 0.6) is 0 Å². The average molecular weight is 268 g/mol. The minimum atomic E-state index is -0.463. The van der Waals surface area contributed by atoms with Gasteiger partial charge < -0.3 is 15.3 Å². The fraction of sp³-hybridized carbons (Fsp3) is 0.200. The molecular weight excluding hydrogens is 252 g/mol. The Labute approximate surface area is 116 Å². The van der Waals surface area contributed by atoms with Crippen LogP contribution < -0.4 is 5.73 Å². The molecule has 0 bridgehead atoms. The van der Waals surface area contributed by atoms with Crippen molar-refractivity contribution in [1.82, 2.24) is 14.5 Å². The van der Waals surface area contributed by atoms with Gasteiger partial charge in [-0.25, -0.2) is 4.98 Å². The van der Waals surface area contributed by atoms with Crippen molar-refractivity contribution in [2.45, 2.75) is 13.8 Å². The maximum Gasteiger partial charge on any atom is 0.250 e. The molecular formula is C15H16N4O. The molecule has 102 valence electrons. The van der Waals surface area contributed by atoms with Crippen LogP contribution in [-0.4, -0.2) is 20.4 Å². The Morgan fingerprint density at radius 1 is 1.35 bits per heavy atom. The number of rotatable bonds is 2. The van der Waals surface area contributed by atoms with Crippen LogP contribution >= 0.6 is 0 Å². The van der Waals surface area contributed by atoms with E-state index in [4.69, 9.17) is 5.73 Å². The van der Waals surface area contributed by atoms with E-state index >= 15 is 0 Å². The summed E-state index contributed by atoms with van der Waals surface area (Å²) in [7, 11) is 2.02. The van der Waals surface area contributed by atoms with E-state index in [1.165, 1.54) is 0 Å². The molecule has 0 atom stereocenters. The number of aromatic amines is 1. The van der Waals surface area contributed by atoms with Crippen LogP contribution in [0.25, 0.3) is 22.4 Å². The molecule has 20 heavy (non-hydrogen) atoms. The van der Waals surface area contributed by atoms with Crippen molar-refractivity contribution in [2.75, 3.05) is 0 Å². The van der Waals surface area contributed by atoms with Gasteiger partial charge in [0.05, 0.1) is 11.1 Å².